The van der Waals surface area contributed by atoms with Crippen LogP contribution in [-0.4, -0.2) is 24.0 Å². The first kappa shape index (κ1) is 16.8. The van der Waals surface area contributed by atoms with E-state index in [0.29, 0.717) is 19.0 Å². The van der Waals surface area contributed by atoms with Gasteiger partial charge in [-0.15, -0.1) is 11.3 Å². The molecule has 2 heterocycles. The fourth-order valence-electron chi connectivity index (χ4n) is 2.87. The van der Waals surface area contributed by atoms with Gasteiger partial charge < -0.3 is 10.2 Å². The van der Waals surface area contributed by atoms with E-state index in [9.17, 15) is 18.0 Å². The number of halogens is 3. The molecule has 0 bridgehead atoms. The van der Waals surface area contributed by atoms with Gasteiger partial charge in [-0.3, -0.25) is 0 Å². The van der Waals surface area contributed by atoms with Crippen molar-refractivity contribution in [2.45, 2.75) is 24.9 Å². The fraction of sp³-hybridized carbons (Fsp3) is 0.353. The van der Waals surface area contributed by atoms with E-state index in [0.717, 1.165) is 25.0 Å². The van der Waals surface area contributed by atoms with Gasteiger partial charge in [0.2, 0.25) is 0 Å². The first-order valence-corrected chi connectivity index (χ1v) is 8.58. The van der Waals surface area contributed by atoms with Crippen LogP contribution in [0.2, 0.25) is 0 Å². The minimum absolute atomic E-state index is 0.162. The second kappa shape index (κ2) is 6.84. The lowest BCUT2D eigenvalue weighted by Gasteiger charge is -2.31. The average Bonchev–Trinajstić information content (AvgIpc) is 3.09. The highest BCUT2D eigenvalue weighted by atomic mass is 32.1. The molecule has 0 atom stereocenters. The first-order valence-electron chi connectivity index (χ1n) is 7.70. The number of hydrogen-bond donors (Lipinski definition) is 1. The molecule has 0 spiro atoms. The van der Waals surface area contributed by atoms with Crippen LogP contribution < -0.4 is 5.32 Å². The number of thiophene rings is 1. The van der Waals surface area contributed by atoms with Crippen molar-refractivity contribution in [1.82, 2.24) is 4.90 Å². The van der Waals surface area contributed by atoms with Crippen LogP contribution in [0.15, 0.2) is 41.8 Å². The van der Waals surface area contributed by atoms with Gasteiger partial charge in [0, 0.05) is 23.7 Å². The number of carbonyl (C=O) groups excluding carboxylic acids is 1. The van der Waals surface area contributed by atoms with Crippen LogP contribution in [0.3, 0.4) is 0 Å². The summed E-state index contributed by atoms with van der Waals surface area (Å²) >= 11 is 1.72. The predicted molar refractivity (Wildman–Crippen MR) is 88.3 cm³/mol. The van der Waals surface area contributed by atoms with Gasteiger partial charge in [-0.1, -0.05) is 12.1 Å². The zero-order valence-electron chi connectivity index (χ0n) is 12.8. The van der Waals surface area contributed by atoms with Crippen LogP contribution in [0.4, 0.5) is 23.7 Å². The first-order chi connectivity index (χ1) is 11.4. The maximum absolute atomic E-state index is 12.7. The Kier molecular flexibility index (Phi) is 4.80. The standard InChI is InChI=1S/C17H17F3N2OS/c18-17(19,20)13-3-1-4-14(11-13)21-16(23)22-8-6-12(7-9-22)15-5-2-10-24-15/h1-5,10-12H,6-9H2,(H,21,23). The largest absolute Gasteiger partial charge is 0.416 e. The predicted octanol–water partition coefficient (Wildman–Crippen LogP) is 5.18. The Morgan fingerprint density at radius 2 is 1.92 bits per heavy atom. The van der Waals surface area contributed by atoms with Crippen molar-refractivity contribution in [2.75, 3.05) is 18.4 Å². The van der Waals surface area contributed by atoms with Crippen LogP contribution in [0, 0.1) is 0 Å². The Hall–Kier alpha value is -2.02. The number of hydrogen-bond acceptors (Lipinski definition) is 2. The quantitative estimate of drug-likeness (QED) is 0.792. The number of nitrogens with zero attached hydrogens (tertiary/aromatic N) is 1. The van der Waals surface area contributed by atoms with Gasteiger partial charge in [-0.25, -0.2) is 4.79 Å². The summed E-state index contributed by atoms with van der Waals surface area (Å²) in [7, 11) is 0. The minimum Gasteiger partial charge on any atom is -0.324 e. The maximum atomic E-state index is 12.7. The number of rotatable bonds is 2. The highest BCUT2D eigenvalue weighted by Gasteiger charge is 2.31. The van der Waals surface area contributed by atoms with Crippen LogP contribution in [-0.2, 0) is 6.18 Å². The number of benzene rings is 1. The van der Waals surface area contributed by atoms with Crippen molar-refractivity contribution >= 4 is 23.1 Å². The van der Waals surface area contributed by atoms with Crippen molar-refractivity contribution in [1.29, 1.82) is 0 Å². The third-order valence-corrected chi connectivity index (χ3v) is 5.20. The van der Waals surface area contributed by atoms with Crippen molar-refractivity contribution in [3.63, 3.8) is 0 Å². The van der Waals surface area contributed by atoms with E-state index in [2.05, 4.69) is 11.4 Å². The smallest absolute Gasteiger partial charge is 0.324 e. The molecule has 0 unspecified atom stereocenters. The van der Waals surface area contributed by atoms with Gasteiger partial charge >= 0.3 is 12.2 Å². The van der Waals surface area contributed by atoms with Crippen molar-refractivity contribution in [3.8, 4) is 0 Å². The molecule has 0 radical (unpaired) electrons. The van der Waals surface area contributed by atoms with Crippen LogP contribution >= 0.6 is 11.3 Å². The van der Waals surface area contributed by atoms with Gasteiger partial charge in [-0.2, -0.15) is 13.2 Å². The van der Waals surface area contributed by atoms with Crippen molar-refractivity contribution in [3.05, 3.63) is 52.2 Å². The number of alkyl halides is 3. The molecule has 7 heteroatoms. The zero-order valence-corrected chi connectivity index (χ0v) is 13.7. The Labute approximate surface area is 142 Å². The molecular weight excluding hydrogens is 337 g/mol. The highest BCUT2D eigenvalue weighted by molar-refractivity contribution is 7.10. The second-order valence-electron chi connectivity index (χ2n) is 5.79. The second-order valence-corrected chi connectivity index (χ2v) is 6.76. The molecule has 3 rings (SSSR count). The maximum Gasteiger partial charge on any atom is 0.416 e. The monoisotopic (exact) mass is 354 g/mol. The molecule has 1 fully saturated rings. The minimum atomic E-state index is -4.42. The van der Waals surface area contributed by atoms with Gasteiger partial charge in [0.15, 0.2) is 0 Å². The summed E-state index contributed by atoms with van der Waals surface area (Å²) in [5, 5.41) is 4.61. The normalized spacial score (nSPS) is 16.2. The molecule has 1 aliphatic rings. The van der Waals surface area contributed by atoms with Crippen LogP contribution in [0.1, 0.15) is 29.2 Å². The van der Waals surface area contributed by atoms with E-state index >= 15 is 0 Å². The lowest BCUT2D eigenvalue weighted by Crippen LogP contribution is -2.40. The molecule has 1 aromatic heterocycles. The molecule has 1 N–H and O–H groups in total. The number of urea groups is 1. The summed E-state index contributed by atoms with van der Waals surface area (Å²) in [6, 6.07) is 8.48. The SMILES string of the molecule is O=C(Nc1cccc(C(F)(F)F)c1)N1CCC(c2cccs2)CC1. The number of amides is 2. The van der Waals surface area contributed by atoms with Gasteiger partial charge in [0.25, 0.3) is 0 Å². The molecular formula is C17H17F3N2OS. The molecule has 0 aliphatic carbocycles. The fourth-order valence-corrected chi connectivity index (χ4v) is 3.77. The lowest BCUT2D eigenvalue weighted by molar-refractivity contribution is -0.137. The Balaban J connectivity index is 1.58. The molecule has 2 aromatic rings. The van der Waals surface area contributed by atoms with E-state index in [4.69, 9.17) is 0 Å². The van der Waals surface area contributed by atoms with E-state index < -0.39 is 11.7 Å². The number of anilines is 1. The van der Waals surface area contributed by atoms with E-state index in [1.807, 2.05) is 11.4 Å². The topological polar surface area (TPSA) is 32.3 Å². The summed E-state index contributed by atoms with van der Waals surface area (Å²) in [5.74, 6) is 0.461. The summed E-state index contributed by atoms with van der Waals surface area (Å²) in [5.41, 5.74) is -0.605. The Morgan fingerprint density at radius 1 is 1.17 bits per heavy atom. The molecule has 24 heavy (non-hydrogen) atoms. The summed E-state index contributed by atoms with van der Waals surface area (Å²) < 4.78 is 38.1. The van der Waals surface area contributed by atoms with Crippen molar-refractivity contribution in [2.24, 2.45) is 0 Å². The van der Waals surface area contributed by atoms with Crippen molar-refractivity contribution < 1.29 is 18.0 Å². The molecule has 128 valence electrons. The van der Waals surface area contributed by atoms with E-state index in [-0.39, 0.29) is 11.7 Å². The number of piperidine rings is 1. The molecule has 1 aliphatic heterocycles. The Morgan fingerprint density at radius 3 is 2.54 bits per heavy atom. The van der Waals surface area contributed by atoms with Gasteiger partial charge in [-0.05, 0) is 48.4 Å². The number of carbonyl (C=O) groups is 1. The third kappa shape index (κ3) is 3.90. The van der Waals surface area contributed by atoms with Gasteiger partial charge in [0.05, 0.1) is 5.56 Å². The number of nitrogens with one attached hydrogen (secondary N) is 1. The zero-order chi connectivity index (χ0) is 17.2. The third-order valence-electron chi connectivity index (χ3n) is 4.17. The summed E-state index contributed by atoms with van der Waals surface area (Å²) in [4.78, 5) is 15.2. The van der Waals surface area contributed by atoms with Crippen LogP contribution in [0.5, 0.6) is 0 Å². The van der Waals surface area contributed by atoms with E-state index in [1.54, 1.807) is 16.2 Å². The Bertz CT molecular complexity index is 692. The summed E-state index contributed by atoms with van der Waals surface area (Å²) in [6.45, 7) is 1.21. The number of likely N-dealkylation sites (tertiary alicyclic amines) is 1. The highest BCUT2D eigenvalue weighted by Crippen LogP contribution is 2.32. The average molecular weight is 354 g/mol. The molecule has 1 aromatic carbocycles. The lowest BCUT2D eigenvalue weighted by atomic mass is 9.95. The molecule has 1 saturated heterocycles. The molecule has 3 nitrogen and oxygen atoms in total. The molecule has 0 saturated carbocycles. The van der Waals surface area contributed by atoms with E-state index in [1.165, 1.54) is 17.0 Å². The molecule has 2 amide bonds. The van der Waals surface area contributed by atoms with Crippen LogP contribution in [0.25, 0.3) is 0 Å². The van der Waals surface area contributed by atoms with Gasteiger partial charge in [0.1, 0.15) is 0 Å². The summed E-state index contributed by atoms with van der Waals surface area (Å²) in [6.07, 6.45) is -2.67.